The third kappa shape index (κ3) is 5.23. The smallest absolute Gasteiger partial charge is 0.231 e. The number of amides is 1. The van der Waals surface area contributed by atoms with Crippen molar-refractivity contribution in [2.24, 2.45) is 10.5 Å². The Hall–Kier alpha value is -4.08. The van der Waals surface area contributed by atoms with Gasteiger partial charge in [0.2, 0.25) is 5.91 Å². The van der Waals surface area contributed by atoms with Gasteiger partial charge in [-0.15, -0.1) is 0 Å². The predicted molar refractivity (Wildman–Crippen MR) is 142 cm³/mol. The zero-order chi connectivity index (χ0) is 26.9. The molecule has 0 unspecified atom stereocenters. The van der Waals surface area contributed by atoms with Crippen LogP contribution in [0.25, 0.3) is 11.3 Å². The average Bonchev–Trinajstić information content (AvgIpc) is 3.25. The van der Waals surface area contributed by atoms with Gasteiger partial charge in [-0.05, 0) is 38.1 Å². The molecule has 0 radical (unpaired) electrons. The van der Waals surface area contributed by atoms with Crippen LogP contribution in [0.1, 0.15) is 57.4 Å². The first-order chi connectivity index (χ1) is 17.5. The summed E-state index contributed by atoms with van der Waals surface area (Å²) in [5.74, 6) is -0.0568. The molecule has 3 N–H and O–H groups in total. The largest absolute Gasteiger partial charge is 0.482 e. The maximum Gasteiger partial charge on any atom is 0.231 e. The quantitative estimate of drug-likeness (QED) is 0.445. The Kier molecular flexibility index (Phi) is 7.11. The van der Waals surface area contributed by atoms with Gasteiger partial charge in [0.25, 0.3) is 0 Å². The molecule has 2 bridgehead atoms. The second-order valence-electron chi connectivity index (χ2n) is 9.93. The monoisotopic (exact) mass is 505 g/mol. The Morgan fingerprint density at radius 3 is 2.73 bits per heavy atom. The van der Waals surface area contributed by atoms with E-state index in [4.69, 9.17) is 10.1 Å². The molecule has 2 aromatic heterocycles. The van der Waals surface area contributed by atoms with Gasteiger partial charge in [-0.25, -0.2) is 9.37 Å². The number of nitrogens with zero attached hydrogens (tertiary/aromatic N) is 4. The van der Waals surface area contributed by atoms with E-state index in [2.05, 4.69) is 25.9 Å². The van der Waals surface area contributed by atoms with E-state index in [1.807, 2.05) is 38.4 Å². The van der Waals surface area contributed by atoms with E-state index in [1.54, 1.807) is 32.4 Å². The molecule has 0 saturated carbocycles. The van der Waals surface area contributed by atoms with Gasteiger partial charge in [0.15, 0.2) is 11.6 Å². The number of nitrogens with one attached hydrogen (secondary N) is 3. The zero-order valence-electron chi connectivity index (χ0n) is 21.9. The SMILES string of the molecule is CCn1ncc2c1-c1cnc(NC(=O)C(C)(C)C)c(c1)O[C@H](C)c1cc(F)ccc1C(=N)/C(=N\NC)C2. The van der Waals surface area contributed by atoms with Crippen molar-refractivity contribution in [3.63, 3.8) is 0 Å². The van der Waals surface area contributed by atoms with E-state index in [0.717, 1.165) is 16.8 Å². The summed E-state index contributed by atoms with van der Waals surface area (Å²) in [6, 6.07) is 6.07. The minimum Gasteiger partial charge on any atom is -0.482 e. The van der Waals surface area contributed by atoms with E-state index in [0.29, 0.717) is 35.6 Å². The van der Waals surface area contributed by atoms with Crippen molar-refractivity contribution < 1.29 is 13.9 Å². The molecule has 1 atom stereocenters. The maximum absolute atomic E-state index is 14.4. The lowest BCUT2D eigenvalue weighted by atomic mass is 9.93. The highest BCUT2D eigenvalue weighted by molar-refractivity contribution is 6.47. The van der Waals surface area contributed by atoms with Gasteiger partial charge in [0.1, 0.15) is 11.9 Å². The summed E-state index contributed by atoms with van der Waals surface area (Å²) in [7, 11) is 1.67. The van der Waals surface area contributed by atoms with Crippen molar-refractivity contribution in [2.45, 2.75) is 53.7 Å². The van der Waals surface area contributed by atoms with Gasteiger partial charge < -0.3 is 15.5 Å². The molecule has 37 heavy (non-hydrogen) atoms. The number of aryl methyl sites for hydroxylation is 1. The number of aromatic nitrogens is 3. The molecule has 3 heterocycles. The normalized spacial score (nSPS) is 16.7. The van der Waals surface area contributed by atoms with Crippen LogP contribution in [0.15, 0.2) is 41.8 Å². The fourth-order valence-electron chi connectivity index (χ4n) is 4.19. The van der Waals surface area contributed by atoms with Crippen LogP contribution in [0.4, 0.5) is 10.2 Å². The molecule has 1 aliphatic heterocycles. The highest BCUT2D eigenvalue weighted by atomic mass is 19.1. The number of carbonyl (C=O) groups is 1. The molecule has 0 aliphatic carbocycles. The van der Waals surface area contributed by atoms with Gasteiger partial charge in [-0.3, -0.25) is 14.9 Å². The number of ether oxygens (including phenoxy) is 1. The summed E-state index contributed by atoms with van der Waals surface area (Å²) in [5, 5.41) is 20.8. The molecule has 0 saturated heterocycles. The van der Waals surface area contributed by atoms with Crippen molar-refractivity contribution in [3.8, 4) is 17.0 Å². The fraction of sp³-hybridized carbons (Fsp3) is 0.370. The van der Waals surface area contributed by atoms with E-state index in [-0.39, 0.29) is 17.4 Å². The zero-order valence-corrected chi connectivity index (χ0v) is 21.9. The Morgan fingerprint density at radius 1 is 1.30 bits per heavy atom. The third-order valence-corrected chi connectivity index (χ3v) is 6.17. The topological polar surface area (TPSA) is 117 Å². The number of halogens is 1. The number of hydrazone groups is 1. The summed E-state index contributed by atoms with van der Waals surface area (Å²) in [4.78, 5) is 17.3. The highest BCUT2D eigenvalue weighted by Crippen LogP contribution is 2.36. The number of rotatable bonds is 3. The van der Waals surface area contributed by atoms with Crippen LogP contribution in [0.5, 0.6) is 5.75 Å². The Bertz CT molecular complexity index is 1390. The predicted octanol–water partition coefficient (Wildman–Crippen LogP) is 4.73. The van der Waals surface area contributed by atoms with Crippen molar-refractivity contribution >= 4 is 23.1 Å². The maximum atomic E-state index is 14.4. The molecule has 9 nitrogen and oxygen atoms in total. The van der Waals surface area contributed by atoms with Gasteiger partial charge in [0, 0.05) is 53.9 Å². The van der Waals surface area contributed by atoms with Crippen LogP contribution >= 0.6 is 0 Å². The number of hydrogen-bond acceptors (Lipinski definition) is 7. The number of pyridine rings is 1. The molecular formula is C27H32FN7O2. The van der Waals surface area contributed by atoms with Gasteiger partial charge >= 0.3 is 0 Å². The Balaban J connectivity index is 1.96. The minimum atomic E-state index is -0.667. The van der Waals surface area contributed by atoms with Crippen molar-refractivity contribution in [1.29, 1.82) is 5.41 Å². The van der Waals surface area contributed by atoms with Crippen LogP contribution < -0.4 is 15.5 Å². The Labute approximate surface area is 215 Å². The second-order valence-corrected chi connectivity index (χ2v) is 9.93. The number of hydrogen-bond donors (Lipinski definition) is 3. The molecule has 1 aliphatic rings. The molecule has 1 aromatic carbocycles. The first kappa shape index (κ1) is 26.0. The second kappa shape index (κ2) is 10.1. The van der Waals surface area contributed by atoms with Crippen LogP contribution in [-0.2, 0) is 17.8 Å². The minimum absolute atomic E-state index is 0.151. The van der Waals surface area contributed by atoms with Crippen LogP contribution in [0.3, 0.4) is 0 Å². The molecular weight excluding hydrogens is 473 g/mol. The summed E-state index contributed by atoms with van der Waals surface area (Å²) in [6.07, 6.45) is 3.08. The lowest BCUT2D eigenvalue weighted by Gasteiger charge is -2.24. The van der Waals surface area contributed by atoms with Gasteiger partial charge in [-0.1, -0.05) is 20.8 Å². The molecule has 4 rings (SSSR count). The van der Waals surface area contributed by atoms with E-state index in [9.17, 15) is 9.18 Å². The first-order valence-corrected chi connectivity index (χ1v) is 12.2. The van der Waals surface area contributed by atoms with Crippen LogP contribution in [0.2, 0.25) is 0 Å². The molecule has 0 spiro atoms. The van der Waals surface area contributed by atoms with E-state index < -0.39 is 17.3 Å². The van der Waals surface area contributed by atoms with E-state index in [1.165, 1.54) is 12.1 Å². The molecule has 1 amide bonds. The molecule has 3 aromatic rings. The van der Waals surface area contributed by atoms with Crippen molar-refractivity contribution in [1.82, 2.24) is 20.2 Å². The highest BCUT2D eigenvalue weighted by Gasteiger charge is 2.27. The fourth-order valence-corrected chi connectivity index (χ4v) is 4.19. The molecule has 10 heteroatoms. The first-order valence-electron chi connectivity index (χ1n) is 12.2. The lowest BCUT2D eigenvalue weighted by molar-refractivity contribution is -0.123. The van der Waals surface area contributed by atoms with Crippen LogP contribution in [0, 0.1) is 16.6 Å². The number of anilines is 1. The standard InChI is InChI=1S/C27H32FN7O2/c1-7-35-24-16(14-32-35)10-21(34-30-6)23(29)19-9-8-18(28)12-20(19)15(2)37-22-11-17(24)13-31-25(22)33-26(36)27(3,4)5/h8-9,11-15,29-30H,7,10H2,1-6H3,(H,31,33,36)/b29-23?,34-21-/t15-/m1/s1. The molecule has 194 valence electrons. The van der Waals surface area contributed by atoms with Crippen molar-refractivity contribution in [3.05, 3.63) is 59.2 Å². The summed E-state index contributed by atoms with van der Waals surface area (Å²) in [6.45, 7) is 9.81. The van der Waals surface area contributed by atoms with Gasteiger partial charge in [0.05, 0.1) is 23.3 Å². The van der Waals surface area contributed by atoms with Gasteiger partial charge in [-0.2, -0.15) is 10.2 Å². The molecule has 0 fully saturated rings. The van der Waals surface area contributed by atoms with E-state index >= 15 is 0 Å². The lowest BCUT2D eigenvalue weighted by Crippen LogP contribution is -2.28. The summed E-state index contributed by atoms with van der Waals surface area (Å²) in [5.41, 5.74) is 6.15. The Morgan fingerprint density at radius 2 is 2.05 bits per heavy atom. The number of benzene rings is 1. The summed E-state index contributed by atoms with van der Waals surface area (Å²) < 4.78 is 22.6. The average molecular weight is 506 g/mol. The summed E-state index contributed by atoms with van der Waals surface area (Å²) >= 11 is 0. The third-order valence-electron chi connectivity index (χ3n) is 6.17. The van der Waals surface area contributed by atoms with Crippen LogP contribution in [-0.4, -0.2) is 39.1 Å². The van der Waals surface area contributed by atoms with Crippen molar-refractivity contribution in [2.75, 3.05) is 12.4 Å². The number of fused-ring (bicyclic) bond motifs is 5. The number of carbonyl (C=O) groups excluding carboxylic acids is 1.